The molecular formula is C24H33N3O5. The van der Waals surface area contributed by atoms with E-state index in [1.807, 2.05) is 6.07 Å². The van der Waals surface area contributed by atoms with E-state index in [-0.39, 0.29) is 42.0 Å². The molecule has 0 atom stereocenters. The minimum Gasteiger partial charge on any atom is -0.490 e. The molecule has 1 amide bonds. The molecule has 0 unspecified atom stereocenters. The maximum atomic E-state index is 12.2. The molecule has 1 fully saturated rings. The summed E-state index contributed by atoms with van der Waals surface area (Å²) in [6, 6.07) is 5.53. The van der Waals surface area contributed by atoms with Crippen molar-refractivity contribution in [1.29, 1.82) is 0 Å². The molecule has 32 heavy (non-hydrogen) atoms. The zero-order chi connectivity index (χ0) is 23.3. The number of hydrogen-bond donors (Lipinski definition) is 3. The first kappa shape index (κ1) is 23.8. The first-order chi connectivity index (χ1) is 15.3. The molecule has 2 aromatic rings. The van der Waals surface area contributed by atoms with Gasteiger partial charge in [-0.1, -0.05) is 19.9 Å². The fourth-order valence-corrected chi connectivity index (χ4v) is 4.30. The summed E-state index contributed by atoms with van der Waals surface area (Å²) in [5.41, 5.74) is 7.39. The fourth-order valence-electron chi connectivity index (χ4n) is 4.30. The van der Waals surface area contributed by atoms with Crippen LogP contribution >= 0.6 is 0 Å². The normalized spacial score (nSPS) is 18.6. The third kappa shape index (κ3) is 5.48. The number of nitrogen functional groups attached to an aromatic ring is 1. The van der Waals surface area contributed by atoms with E-state index in [9.17, 15) is 14.7 Å². The van der Waals surface area contributed by atoms with Gasteiger partial charge in [0.25, 0.3) is 0 Å². The van der Waals surface area contributed by atoms with Gasteiger partial charge in [0.05, 0.1) is 34.5 Å². The lowest BCUT2D eigenvalue weighted by Gasteiger charge is -2.30. The van der Waals surface area contributed by atoms with Crippen molar-refractivity contribution in [1.82, 2.24) is 10.3 Å². The van der Waals surface area contributed by atoms with E-state index < -0.39 is 5.97 Å². The van der Waals surface area contributed by atoms with Crippen LogP contribution in [-0.4, -0.2) is 46.8 Å². The number of ether oxygens (including phenoxy) is 2. The van der Waals surface area contributed by atoms with Crippen LogP contribution in [-0.2, 0) is 9.53 Å². The van der Waals surface area contributed by atoms with E-state index in [0.717, 1.165) is 38.5 Å². The van der Waals surface area contributed by atoms with Crippen molar-refractivity contribution in [2.24, 2.45) is 0 Å². The number of carbonyl (C=O) groups excluding carboxylic acids is 1. The van der Waals surface area contributed by atoms with Gasteiger partial charge in [-0.15, -0.1) is 0 Å². The Hall–Kier alpha value is -2.87. The highest BCUT2D eigenvalue weighted by Crippen LogP contribution is 2.35. The van der Waals surface area contributed by atoms with Crippen LogP contribution < -0.4 is 15.8 Å². The second-order valence-electron chi connectivity index (χ2n) is 8.35. The molecule has 1 aliphatic rings. The van der Waals surface area contributed by atoms with E-state index >= 15 is 0 Å². The lowest BCUT2D eigenvalue weighted by molar-refractivity contribution is -0.128. The number of benzene rings is 1. The smallest absolute Gasteiger partial charge is 0.339 e. The average molecular weight is 444 g/mol. The molecule has 1 saturated carbocycles. The summed E-state index contributed by atoms with van der Waals surface area (Å²) in [5.74, 6) is -0.638. The molecule has 1 heterocycles. The van der Waals surface area contributed by atoms with Crippen molar-refractivity contribution in [3.8, 4) is 5.75 Å². The predicted octanol–water partition coefficient (Wildman–Crippen LogP) is 3.84. The summed E-state index contributed by atoms with van der Waals surface area (Å²) in [4.78, 5) is 28.2. The fraction of sp³-hybridized carbons (Fsp3) is 0.542. The summed E-state index contributed by atoms with van der Waals surface area (Å²) >= 11 is 0. The van der Waals surface area contributed by atoms with Gasteiger partial charge in [0.1, 0.15) is 17.9 Å². The number of nitrogens with one attached hydrogen (secondary N) is 1. The van der Waals surface area contributed by atoms with Gasteiger partial charge in [0.2, 0.25) is 5.91 Å². The van der Waals surface area contributed by atoms with Crippen LogP contribution in [0.4, 0.5) is 5.69 Å². The number of carboxylic acid groups (broad SMARTS) is 1. The number of aryl methyl sites for hydroxylation is 1. The number of carbonyl (C=O) groups is 2. The highest BCUT2D eigenvalue weighted by Gasteiger charge is 2.25. The number of anilines is 1. The quantitative estimate of drug-likeness (QED) is 0.538. The highest BCUT2D eigenvalue weighted by molar-refractivity contribution is 6.06. The van der Waals surface area contributed by atoms with Gasteiger partial charge in [-0.2, -0.15) is 0 Å². The van der Waals surface area contributed by atoms with Gasteiger partial charge in [0, 0.05) is 6.04 Å². The number of aromatic carboxylic acids is 1. The molecule has 0 radical (unpaired) electrons. The van der Waals surface area contributed by atoms with Crippen molar-refractivity contribution < 1.29 is 24.2 Å². The first-order valence-electron chi connectivity index (χ1n) is 11.3. The van der Waals surface area contributed by atoms with Gasteiger partial charge >= 0.3 is 5.97 Å². The van der Waals surface area contributed by atoms with Crippen LogP contribution in [0.15, 0.2) is 18.2 Å². The van der Waals surface area contributed by atoms with Crippen LogP contribution in [0, 0.1) is 6.92 Å². The molecule has 0 spiro atoms. The zero-order valence-electron chi connectivity index (χ0n) is 19.0. The number of aromatic nitrogens is 1. The molecule has 4 N–H and O–H groups in total. The minimum atomic E-state index is -1.10. The summed E-state index contributed by atoms with van der Waals surface area (Å²) in [5, 5.41) is 13.1. The van der Waals surface area contributed by atoms with Gasteiger partial charge in [-0.05, 0) is 57.6 Å². The Morgan fingerprint density at radius 2 is 1.91 bits per heavy atom. The van der Waals surface area contributed by atoms with Crippen LogP contribution in [0.3, 0.4) is 0 Å². The SMILES string of the molecule is CCC(CC)OCC(=O)N[C@H]1CC[C@H](Oc2cccc3nc(C)c(C(=O)O)c(N)c23)CC1. The van der Waals surface area contributed by atoms with Crippen molar-refractivity contribution in [3.05, 3.63) is 29.5 Å². The van der Waals surface area contributed by atoms with E-state index in [4.69, 9.17) is 15.2 Å². The number of pyridine rings is 1. The Morgan fingerprint density at radius 1 is 1.22 bits per heavy atom. The Balaban J connectivity index is 1.61. The third-order valence-corrected chi connectivity index (χ3v) is 6.10. The maximum Gasteiger partial charge on any atom is 0.339 e. The highest BCUT2D eigenvalue weighted by atomic mass is 16.5. The topological polar surface area (TPSA) is 124 Å². The molecule has 8 nitrogen and oxygen atoms in total. The number of hydrogen-bond acceptors (Lipinski definition) is 6. The Kier molecular flexibility index (Phi) is 7.90. The van der Waals surface area contributed by atoms with E-state index in [0.29, 0.717) is 22.3 Å². The molecule has 0 bridgehead atoms. The number of fused-ring (bicyclic) bond motifs is 1. The number of rotatable bonds is 9. The van der Waals surface area contributed by atoms with Crippen LogP contribution in [0.25, 0.3) is 10.9 Å². The van der Waals surface area contributed by atoms with Crippen LogP contribution in [0.2, 0.25) is 0 Å². The second kappa shape index (κ2) is 10.6. The maximum absolute atomic E-state index is 12.2. The summed E-state index contributed by atoms with van der Waals surface area (Å²) in [7, 11) is 0. The van der Waals surface area contributed by atoms with Crippen molar-refractivity contribution in [2.45, 2.75) is 77.5 Å². The van der Waals surface area contributed by atoms with Gasteiger partial charge < -0.3 is 25.6 Å². The second-order valence-corrected chi connectivity index (χ2v) is 8.35. The molecule has 0 aliphatic heterocycles. The van der Waals surface area contributed by atoms with Crippen LogP contribution in [0.1, 0.15) is 68.4 Å². The van der Waals surface area contributed by atoms with Gasteiger partial charge in [-0.25, -0.2) is 4.79 Å². The summed E-state index contributed by atoms with van der Waals surface area (Å²) < 4.78 is 11.9. The van der Waals surface area contributed by atoms with Crippen molar-refractivity contribution >= 4 is 28.5 Å². The number of amides is 1. The Morgan fingerprint density at radius 3 is 2.53 bits per heavy atom. The lowest BCUT2D eigenvalue weighted by Crippen LogP contribution is -2.41. The van der Waals surface area contributed by atoms with Gasteiger partial charge in [0.15, 0.2) is 0 Å². The lowest BCUT2D eigenvalue weighted by atomic mass is 9.93. The molecule has 174 valence electrons. The molecule has 1 aromatic carbocycles. The Bertz CT molecular complexity index is 966. The van der Waals surface area contributed by atoms with Crippen molar-refractivity contribution in [2.75, 3.05) is 12.3 Å². The largest absolute Gasteiger partial charge is 0.490 e. The molecule has 1 aliphatic carbocycles. The molecule has 3 rings (SSSR count). The Labute approximate surface area is 188 Å². The molecule has 0 saturated heterocycles. The minimum absolute atomic E-state index is 0.00979. The number of nitrogens with zero attached hydrogens (tertiary/aromatic N) is 1. The molecular weight excluding hydrogens is 410 g/mol. The number of nitrogens with two attached hydrogens (primary N) is 1. The van der Waals surface area contributed by atoms with E-state index in [2.05, 4.69) is 24.1 Å². The zero-order valence-corrected chi connectivity index (χ0v) is 19.0. The van der Waals surface area contributed by atoms with E-state index in [1.165, 1.54) is 0 Å². The number of carboxylic acids is 1. The standard InChI is InChI=1S/C24H33N3O5/c1-4-16(5-2)31-13-20(28)27-15-9-11-17(12-10-15)32-19-8-6-7-18-22(19)23(25)21(24(29)30)14(3)26-18/h6-8,15-17H,4-5,9-13H2,1-3H3,(H2,25,26)(H,27,28)(H,29,30)/t15-,17-. The molecule has 8 heteroatoms. The van der Waals surface area contributed by atoms with Gasteiger partial charge in [-0.3, -0.25) is 9.78 Å². The summed E-state index contributed by atoms with van der Waals surface area (Å²) in [6.45, 7) is 5.83. The first-order valence-corrected chi connectivity index (χ1v) is 11.3. The molecule has 1 aromatic heterocycles. The predicted molar refractivity (Wildman–Crippen MR) is 123 cm³/mol. The van der Waals surface area contributed by atoms with Crippen molar-refractivity contribution in [3.63, 3.8) is 0 Å². The summed E-state index contributed by atoms with van der Waals surface area (Å²) in [6.07, 6.45) is 5.04. The van der Waals surface area contributed by atoms with E-state index in [1.54, 1.807) is 19.1 Å². The average Bonchev–Trinajstić information content (AvgIpc) is 2.75. The monoisotopic (exact) mass is 443 g/mol. The third-order valence-electron chi connectivity index (χ3n) is 6.10. The van der Waals surface area contributed by atoms with Crippen LogP contribution in [0.5, 0.6) is 5.75 Å².